The molecule has 1 saturated heterocycles. The minimum atomic E-state index is -0.161. The van der Waals surface area contributed by atoms with Crippen molar-refractivity contribution in [2.45, 2.75) is 26.7 Å². The summed E-state index contributed by atoms with van der Waals surface area (Å²) in [6.07, 6.45) is 4.84. The van der Waals surface area contributed by atoms with Crippen LogP contribution in [-0.2, 0) is 9.59 Å². The Kier molecular flexibility index (Phi) is 4.98. The second-order valence-electron chi connectivity index (χ2n) is 6.38. The highest BCUT2D eigenvalue weighted by molar-refractivity contribution is 6.02. The fourth-order valence-electron chi connectivity index (χ4n) is 2.99. The highest BCUT2D eigenvalue weighted by Crippen LogP contribution is 2.22. The quantitative estimate of drug-likeness (QED) is 0.857. The van der Waals surface area contributed by atoms with Crippen molar-refractivity contribution in [1.29, 1.82) is 0 Å². The number of nitrogens with zero attached hydrogens (tertiary/aromatic N) is 1. The van der Waals surface area contributed by atoms with Gasteiger partial charge in [0.15, 0.2) is 0 Å². The molecule has 128 valence electrons. The monoisotopic (exact) mass is 334 g/mol. The highest BCUT2D eigenvalue weighted by Gasteiger charge is 2.21. The molecular weight excluding hydrogens is 312 g/mol. The number of hydrogen-bond donors (Lipinski definition) is 1. The highest BCUT2D eigenvalue weighted by atomic mass is 16.2. The molecule has 2 aromatic carbocycles. The van der Waals surface area contributed by atoms with Crippen molar-refractivity contribution in [2.75, 3.05) is 16.8 Å². The molecule has 1 aliphatic heterocycles. The second kappa shape index (κ2) is 7.34. The van der Waals surface area contributed by atoms with Crippen LogP contribution in [0.4, 0.5) is 11.4 Å². The van der Waals surface area contributed by atoms with E-state index in [1.807, 2.05) is 56.3 Å². The van der Waals surface area contributed by atoms with Crippen molar-refractivity contribution < 1.29 is 9.59 Å². The third-order valence-electron chi connectivity index (χ3n) is 4.35. The van der Waals surface area contributed by atoms with Crippen LogP contribution in [0.5, 0.6) is 0 Å². The van der Waals surface area contributed by atoms with E-state index in [9.17, 15) is 9.59 Å². The van der Waals surface area contributed by atoms with Gasteiger partial charge in [-0.1, -0.05) is 29.8 Å². The molecule has 0 aromatic heterocycles. The van der Waals surface area contributed by atoms with Gasteiger partial charge in [-0.05, 0) is 55.7 Å². The van der Waals surface area contributed by atoms with Crippen molar-refractivity contribution in [3.63, 3.8) is 0 Å². The topological polar surface area (TPSA) is 49.4 Å². The van der Waals surface area contributed by atoms with Gasteiger partial charge >= 0.3 is 0 Å². The predicted octanol–water partition coefficient (Wildman–Crippen LogP) is 4.08. The van der Waals surface area contributed by atoms with Crippen LogP contribution >= 0.6 is 0 Å². The number of hydrogen-bond acceptors (Lipinski definition) is 2. The van der Waals surface area contributed by atoms with E-state index in [1.54, 1.807) is 11.0 Å². The molecule has 1 fully saturated rings. The minimum absolute atomic E-state index is 0.161. The smallest absolute Gasteiger partial charge is 0.248 e. The average molecular weight is 334 g/mol. The Morgan fingerprint density at radius 2 is 1.88 bits per heavy atom. The van der Waals surface area contributed by atoms with Crippen LogP contribution in [0.3, 0.4) is 0 Å². The van der Waals surface area contributed by atoms with Gasteiger partial charge in [0.2, 0.25) is 11.8 Å². The maximum atomic E-state index is 12.1. The van der Waals surface area contributed by atoms with Gasteiger partial charge in [0, 0.05) is 30.4 Å². The Labute approximate surface area is 148 Å². The van der Waals surface area contributed by atoms with Crippen LogP contribution in [0, 0.1) is 13.8 Å². The zero-order valence-electron chi connectivity index (χ0n) is 14.6. The average Bonchev–Trinajstić information content (AvgIpc) is 3.02. The zero-order chi connectivity index (χ0) is 17.8. The van der Waals surface area contributed by atoms with Crippen molar-refractivity contribution in [1.82, 2.24) is 0 Å². The van der Waals surface area contributed by atoms with E-state index in [2.05, 4.69) is 5.32 Å². The fourth-order valence-corrected chi connectivity index (χ4v) is 2.99. The Balaban J connectivity index is 1.63. The first kappa shape index (κ1) is 17.0. The molecule has 1 N–H and O–H groups in total. The van der Waals surface area contributed by atoms with Crippen LogP contribution in [0.25, 0.3) is 6.08 Å². The van der Waals surface area contributed by atoms with Crippen molar-refractivity contribution >= 4 is 29.3 Å². The second-order valence-corrected chi connectivity index (χ2v) is 6.38. The van der Waals surface area contributed by atoms with Crippen LogP contribution in [-0.4, -0.2) is 18.4 Å². The van der Waals surface area contributed by atoms with E-state index in [0.29, 0.717) is 6.42 Å². The molecule has 2 amide bonds. The van der Waals surface area contributed by atoms with Gasteiger partial charge in [-0.15, -0.1) is 0 Å². The van der Waals surface area contributed by atoms with Crippen molar-refractivity contribution in [2.24, 2.45) is 0 Å². The Morgan fingerprint density at radius 1 is 1.12 bits per heavy atom. The summed E-state index contributed by atoms with van der Waals surface area (Å²) < 4.78 is 0. The summed E-state index contributed by atoms with van der Waals surface area (Å²) >= 11 is 0. The molecule has 0 atom stereocenters. The standard InChI is InChI=1S/C21H22N2O2/c1-15-5-11-19(16(2)14-15)22-20(24)12-8-17-6-9-18(10-7-17)23-13-3-4-21(23)25/h5-12,14H,3-4,13H2,1-2H3,(H,22,24)/b12-8+. The van der Waals surface area contributed by atoms with Crippen molar-refractivity contribution in [3.8, 4) is 0 Å². The molecule has 4 heteroatoms. The van der Waals surface area contributed by atoms with Gasteiger partial charge in [-0.3, -0.25) is 9.59 Å². The third-order valence-corrected chi connectivity index (χ3v) is 4.35. The first-order valence-electron chi connectivity index (χ1n) is 8.50. The first-order valence-corrected chi connectivity index (χ1v) is 8.50. The lowest BCUT2D eigenvalue weighted by atomic mass is 10.1. The summed E-state index contributed by atoms with van der Waals surface area (Å²) in [5.74, 6) is 0.0156. The number of rotatable bonds is 4. The Bertz CT molecular complexity index is 822. The molecule has 3 rings (SSSR count). The van der Waals surface area contributed by atoms with E-state index < -0.39 is 0 Å². The molecule has 1 heterocycles. The molecule has 0 aliphatic carbocycles. The number of anilines is 2. The molecule has 25 heavy (non-hydrogen) atoms. The number of nitrogens with one attached hydrogen (secondary N) is 1. The molecule has 0 unspecified atom stereocenters. The summed E-state index contributed by atoms with van der Waals surface area (Å²) in [4.78, 5) is 25.7. The number of benzene rings is 2. The molecule has 2 aromatic rings. The largest absolute Gasteiger partial charge is 0.322 e. The summed E-state index contributed by atoms with van der Waals surface area (Å²) in [6.45, 7) is 4.79. The van der Waals surface area contributed by atoms with Crippen LogP contribution in [0.1, 0.15) is 29.5 Å². The Hall–Kier alpha value is -2.88. The number of carbonyl (C=O) groups is 2. The lowest BCUT2D eigenvalue weighted by Gasteiger charge is -2.15. The van der Waals surface area contributed by atoms with E-state index in [0.717, 1.165) is 35.5 Å². The SMILES string of the molecule is Cc1ccc(NC(=O)/C=C/c2ccc(N3CCCC3=O)cc2)c(C)c1. The van der Waals surface area contributed by atoms with Gasteiger partial charge in [-0.25, -0.2) is 0 Å². The van der Waals surface area contributed by atoms with E-state index >= 15 is 0 Å². The van der Waals surface area contributed by atoms with Gasteiger partial charge in [0.25, 0.3) is 0 Å². The van der Waals surface area contributed by atoms with E-state index in [4.69, 9.17) is 0 Å². The number of carbonyl (C=O) groups excluding carboxylic acids is 2. The first-order chi connectivity index (χ1) is 12.0. The number of amides is 2. The minimum Gasteiger partial charge on any atom is -0.322 e. The number of aryl methyl sites for hydroxylation is 2. The zero-order valence-corrected chi connectivity index (χ0v) is 14.6. The summed E-state index contributed by atoms with van der Waals surface area (Å²) in [5, 5.41) is 2.89. The maximum Gasteiger partial charge on any atom is 0.248 e. The van der Waals surface area contributed by atoms with Gasteiger partial charge in [-0.2, -0.15) is 0 Å². The van der Waals surface area contributed by atoms with Gasteiger partial charge < -0.3 is 10.2 Å². The van der Waals surface area contributed by atoms with Gasteiger partial charge in [0.1, 0.15) is 0 Å². The van der Waals surface area contributed by atoms with Crippen LogP contribution < -0.4 is 10.2 Å². The molecular formula is C21H22N2O2. The Morgan fingerprint density at radius 3 is 2.52 bits per heavy atom. The maximum absolute atomic E-state index is 12.1. The predicted molar refractivity (Wildman–Crippen MR) is 102 cm³/mol. The van der Waals surface area contributed by atoms with Crippen LogP contribution in [0.15, 0.2) is 48.5 Å². The fraction of sp³-hybridized carbons (Fsp3) is 0.238. The van der Waals surface area contributed by atoms with Gasteiger partial charge in [0.05, 0.1) is 0 Å². The van der Waals surface area contributed by atoms with Crippen molar-refractivity contribution in [3.05, 3.63) is 65.2 Å². The third kappa shape index (κ3) is 4.15. The summed E-state index contributed by atoms with van der Waals surface area (Å²) in [6, 6.07) is 13.6. The molecule has 0 radical (unpaired) electrons. The molecule has 0 spiro atoms. The molecule has 0 saturated carbocycles. The van der Waals surface area contributed by atoms with E-state index in [1.165, 1.54) is 11.6 Å². The molecule has 0 bridgehead atoms. The van der Waals surface area contributed by atoms with E-state index in [-0.39, 0.29) is 11.8 Å². The molecule has 4 nitrogen and oxygen atoms in total. The van der Waals surface area contributed by atoms with Crippen LogP contribution in [0.2, 0.25) is 0 Å². The lowest BCUT2D eigenvalue weighted by molar-refractivity contribution is -0.117. The normalized spacial score (nSPS) is 14.3. The summed E-state index contributed by atoms with van der Waals surface area (Å²) in [5.41, 5.74) is 4.87. The molecule has 1 aliphatic rings. The lowest BCUT2D eigenvalue weighted by Crippen LogP contribution is -2.23. The summed E-state index contributed by atoms with van der Waals surface area (Å²) in [7, 11) is 0.